The fraction of sp³-hybridized carbons (Fsp3) is 0.424. The van der Waals surface area contributed by atoms with E-state index >= 15 is 0 Å². The minimum atomic E-state index is -3.81. The quantitative estimate of drug-likeness (QED) is 0.365. The van der Waals surface area contributed by atoms with Crippen molar-refractivity contribution in [3.05, 3.63) is 76.7 Å². The number of nitrogens with zero attached hydrogens (tertiary/aromatic N) is 4. The van der Waals surface area contributed by atoms with Gasteiger partial charge in [0.05, 0.1) is 32.9 Å². The van der Waals surface area contributed by atoms with E-state index in [4.69, 9.17) is 0 Å². The molecule has 2 atom stereocenters. The molecule has 5 rings (SSSR count). The van der Waals surface area contributed by atoms with Crippen LogP contribution in [0.1, 0.15) is 67.5 Å². The molecule has 236 valence electrons. The Labute approximate surface area is 267 Å². The van der Waals surface area contributed by atoms with Gasteiger partial charge < -0.3 is 5.32 Å². The van der Waals surface area contributed by atoms with Crippen molar-refractivity contribution in [1.82, 2.24) is 14.6 Å². The molecule has 2 fully saturated rings. The van der Waals surface area contributed by atoms with Crippen LogP contribution in [0.2, 0.25) is 0 Å². The normalized spacial score (nSPS) is 20.3. The van der Waals surface area contributed by atoms with Crippen LogP contribution in [0.4, 0.5) is 0 Å². The van der Waals surface area contributed by atoms with E-state index in [1.807, 2.05) is 24.3 Å². The summed E-state index contributed by atoms with van der Waals surface area (Å²) in [6, 6.07) is 9.85. The van der Waals surface area contributed by atoms with Gasteiger partial charge in [0, 0.05) is 19.2 Å². The lowest BCUT2D eigenvalue weighted by molar-refractivity contribution is -0.120. The van der Waals surface area contributed by atoms with Crippen molar-refractivity contribution in [2.24, 2.45) is 15.9 Å². The van der Waals surface area contributed by atoms with Gasteiger partial charge in [-0.15, -0.1) is 16.3 Å². The van der Waals surface area contributed by atoms with Crippen molar-refractivity contribution < 1.29 is 22.8 Å². The predicted octanol–water partition coefficient (Wildman–Crippen LogP) is 5.34. The van der Waals surface area contributed by atoms with Crippen LogP contribution >= 0.6 is 11.3 Å². The van der Waals surface area contributed by atoms with Crippen LogP contribution in [-0.2, 0) is 19.6 Å². The summed E-state index contributed by atoms with van der Waals surface area (Å²) >= 11 is 1.30. The molecule has 12 heteroatoms. The summed E-state index contributed by atoms with van der Waals surface area (Å²) in [7, 11) is -3.81. The van der Waals surface area contributed by atoms with Gasteiger partial charge >= 0.3 is 0 Å². The van der Waals surface area contributed by atoms with Gasteiger partial charge in [-0.2, -0.15) is 4.31 Å². The number of aromatic nitrogens is 1. The molecule has 1 unspecified atom stereocenters. The van der Waals surface area contributed by atoms with E-state index < -0.39 is 28.0 Å². The van der Waals surface area contributed by atoms with Crippen molar-refractivity contribution in [2.45, 2.75) is 69.9 Å². The second-order valence-electron chi connectivity index (χ2n) is 11.4. The van der Waals surface area contributed by atoms with Crippen molar-refractivity contribution in [3.8, 4) is 10.6 Å². The smallest absolute Gasteiger partial charge is 0.277 e. The third-order valence-electron chi connectivity index (χ3n) is 8.24. The Morgan fingerprint density at radius 3 is 2.71 bits per heavy atom. The lowest BCUT2D eigenvalue weighted by atomic mass is 9.84. The Bertz CT molecular complexity index is 1650. The van der Waals surface area contributed by atoms with E-state index in [1.165, 1.54) is 15.6 Å². The van der Waals surface area contributed by atoms with Crippen LogP contribution in [0.3, 0.4) is 0 Å². The third kappa shape index (κ3) is 8.67. The van der Waals surface area contributed by atoms with Crippen LogP contribution in [0, 0.1) is 5.92 Å². The highest BCUT2D eigenvalue weighted by atomic mass is 32.2. The maximum absolute atomic E-state index is 13.3. The largest absolute Gasteiger partial charge is 0.339 e. The summed E-state index contributed by atoms with van der Waals surface area (Å²) in [5.74, 6) is -1.03. The van der Waals surface area contributed by atoms with Gasteiger partial charge in [0.2, 0.25) is 10.0 Å². The number of aliphatic imine (C=N–C) groups is 2. The number of nitrogens with one attached hydrogen (secondary N) is 1. The molecule has 1 saturated heterocycles. The van der Waals surface area contributed by atoms with Crippen LogP contribution in [0.25, 0.3) is 10.6 Å². The van der Waals surface area contributed by atoms with Crippen LogP contribution < -0.4 is 5.32 Å². The highest BCUT2D eigenvalue weighted by Gasteiger charge is 2.33. The summed E-state index contributed by atoms with van der Waals surface area (Å²) in [5, 5.41) is 2.88. The van der Waals surface area contributed by atoms with Gasteiger partial charge in [-0.05, 0) is 55.5 Å². The number of allylic oxidation sites excluding steroid dienone is 6. The zero-order valence-corrected chi connectivity index (χ0v) is 26.6. The van der Waals surface area contributed by atoms with Gasteiger partial charge in [0.15, 0.2) is 5.78 Å². The Kier molecular flexibility index (Phi) is 11.2. The first-order chi connectivity index (χ1) is 21.8. The number of pyridine rings is 1. The SMILES string of the molecule is O=C(N[C@@H](CC1CCCCC1)C(=O)N=C=NC1CCCN(S(=O)(=O)C2=CC=CC=CC2)CC1=O)c1ccc(-c2ccccn2)s1. The molecule has 2 aromatic heterocycles. The summed E-state index contributed by atoms with van der Waals surface area (Å²) in [5.41, 5.74) is 0.766. The molecular weight excluding hydrogens is 611 g/mol. The molecule has 3 heterocycles. The Hall–Kier alpha value is -3.83. The molecule has 0 radical (unpaired) electrons. The van der Waals surface area contributed by atoms with E-state index in [0.29, 0.717) is 30.1 Å². The number of rotatable bonds is 9. The maximum atomic E-state index is 13.3. The summed E-state index contributed by atoms with van der Waals surface area (Å²) < 4.78 is 27.6. The molecule has 1 aliphatic heterocycles. The zero-order valence-electron chi connectivity index (χ0n) is 25.0. The van der Waals surface area contributed by atoms with Crippen molar-refractivity contribution in [1.29, 1.82) is 0 Å². The van der Waals surface area contributed by atoms with E-state index in [0.717, 1.165) is 42.7 Å². The number of hydrogen-bond acceptors (Lipinski definition) is 8. The first-order valence-electron chi connectivity index (χ1n) is 15.4. The van der Waals surface area contributed by atoms with Crippen LogP contribution in [-0.4, -0.2) is 66.5 Å². The second kappa shape index (κ2) is 15.4. The van der Waals surface area contributed by atoms with Crippen LogP contribution in [0.15, 0.2) is 81.8 Å². The number of carbonyl (C=O) groups excluding carboxylic acids is 3. The fourth-order valence-electron chi connectivity index (χ4n) is 5.78. The van der Waals surface area contributed by atoms with Crippen molar-refractivity contribution in [2.75, 3.05) is 13.1 Å². The molecular formula is C33H37N5O5S2. The molecule has 0 bridgehead atoms. The maximum Gasteiger partial charge on any atom is 0.277 e. The zero-order chi connectivity index (χ0) is 31.6. The predicted molar refractivity (Wildman–Crippen MR) is 174 cm³/mol. The first-order valence-corrected chi connectivity index (χ1v) is 17.6. The minimum absolute atomic E-state index is 0.196. The molecule has 45 heavy (non-hydrogen) atoms. The fourth-order valence-corrected chi connectivity index (χ4v) is 8.22. The van der Waals surface area contributed by atoms with E-state index in [2.05, 4.69) is 26.3 Å². The number of thiophene rings is 1. The van der Waals surface area contributed by atoms with Crippen molar-refractivity contribution >= 4 is 45.0 Å². The molecule has 3 aliphatic rings. The van der Waals surface area contributed by atoms with Gasteiger partial charge in [-0.25, -0.2) is 13.4 Å². The molecule has 10 nitrogen and oxygen atoms in total. The summed E-state index contributed by atoms with van der Waals surface area (Å²) in [6.07, 6.45) is 17.0. The van der Waals surface area contributed by atoms with Gasteiger partial charge in [0.25, 0.3) is 11.8 Å². The number of Topliss-reactive ketones (excluding diaryl/α,β-unsaturated/α-hetero) is 1. The number of carbonyl (C=O) groups is 3. The standard InChI is InChI=1S/C33H37N5O5S2/c39-29-22-38(45(42,43)25-13-6-1-2-7-14-25)20-10-16-26(29)35-23-36-32(40)28(21-24-11-4-3-5-12-24)37-33(41)31-18-17-30(44-31)27-15-8-9-19-34-27/h1-2,6-9,13,15,17-19,24,26,28H,3-5,10-12,14,16,20-22H2,(H,37,41)/t26?,28-/m0/s1. The summed E-state index contributed by atoms with van der Waals surface area (Å²) in [6.45, 7) is -0.111. The molecule has 1 N–H and O–H groups in total. The van der Waals surface area contributed by atoms with Crippen LogP contribution in [0.5, 0.6) is 0 Å². The lowest BCUT2D eigenvalue weighted by Crippen LogP contribution is -2.41. The number of amides is 2. The average Bonchev–Trinajstić information content (AvgIpc) is 3.26. The monoisotopic (exact) mass is 647 g/mol. The first kappa shape index (κ1) is 32.6. The van der Waals surface area contributed by atoms with E-state index in [9.17, 15) is 22.8 Å². The van der Waals surface area contributed by atoms with E-state index in [-0.39, 0.29) is 36.1 Å². The van der Waals surface area contributed by atoms with Crippen molar-refractivity contribution in [3.63, 3.8) is 0 Å². The third-order valence-corrected chi connectivity index (χ3v) is 11.3. The Balaban J connectivity index is 1.26. The van der Waals surface area contributed by atoms with Gasteiger partial charge in [-0.1, -0.05) is 62.5 Å². The molecule has 2 amide bonds. The average molecular weight is 648 g/mol. The number of hydrogen-bond donors (Lipinski definition) is 1. The molecule has 1 saturated carbocycles. The van der Waals surface area contributed by atoms with Gasteiger partial charge in [-0.3, -0.25) is 19.4 Å². The summed E-state index contributed by atoms with van der Waals surface area (Å²) in [4.78, 5) is 53.5. The molecule has 2 aliphatic carbocycles. The minimum Gasteiger partial charge on any atom is -0.339 e. The number of ketones is 1. The lowest BCUT2D eigenvalue weighted by Gasteiger charge is -2.25. The number of sulfonamides is 1. The Morgan fingerprint density at radius 2 is 1.91 bits per heavy atom. The second-order valence-corrected chi connectivity index (χ2v) is 14.5. The van der Waals surface area contributed by atoms with Gasteiger partial charge in [0.1, 0.15) is 12.1 Å². The molecule has 2 aromatic rings. The molecule has 0 aromatic carbocycles. The highest BCUT2D eigenvalue weighted by molar-refractivity contribution is 7.93. The highest BCUT2D eigenvalue weighted by Crippen LogP contribution is 2.29. The van der Waals surface area contributed by atoms with E-state index in [1.54, 1.807) is 42.6 Å². The molecule has 0 spiro atoms. The Morgan fingerprint density at radius 1 is 1.07 bits per heavy atom. The topological polar surface area (TPSA) is 138 Å².